The van der Waals surface area contributed by atoms with Crippen molar-refractivity contribution >= 4 is 6.29 Å². The molecule has 0 aliphatic carbocycles. The van der Waals surface area contributed by atoms with Crippen LogP contribution in [0.4, 0.5) is 0 Å². The van der Waals surface area contributed by atoms with E-state index in [0.717, 1.165) is 25.9 Å². The van der Waals surface area contributed by atoms with Gasteiger partial charge in [-0.3, -0.25) is 0 Å². The number of rotatable bonds is 1. The van der Waals surface area contributed by atoms with E-state index in [2.05, 4.69) is 13.8 Å². The zero-order chi connectivity index (χ0) is 7.61. The SMILES string of the molecule is CC1(C)COCCC1C=O. The molecule has 1 saturated heterocycles. The average molecular weight is 142 g/mol. The van der Waals surface area contributed by atoms with Crippen molar-refractivity contribution in [1.29, 1.82) is 0 Å². The zero-order valence-corrected chi connectivity index (χ0v) is 6.59. The minimum Gasteiger partial charge on any atom is -0.381 e. The maximum atomic E-state index is 10.5. The molecule has 1 heterocycles. The molecule has 0 aromatic heterocycles. The highest BCUT2D eigenvalue weighted by Crippen LogP contribution is 2.31. The first-order valence-corrected chi connectivity index (χ1v) is 3.70. The van der Waals surface area contributed by atoms with Gasteiger partial charge in [-0.05, 0) is 11.8 Å². The van der Waals surface area contributed by atoms with Crippen LogP contribution in [0.2, 0.25) is 0 Å². The molecule has 0 radical (unpaired) electrons. The first-order valence-electron chi connectivity index (χ1n) is 3.70. The number of hydrogen-bond donors (Lipinski definition) is 0. The van der Waals surface area contributed by atoms with Crippen molar-refractivity contribution in [3.05, 3.63) is 0 Å². The standard InChI is InChI=1S/C8H14O2/c1-8(2)6-10-4-3-7(8)5-9/h5,7H,3-4,6H2,1-2H3. The summed E-state index contributed by atoms with van der Waals surface area (Å²) >= 11 is 0. The van der Waals surface area contributed by atoms with Crippen molar-refractivity contribution in [2.24, 2.45) is 11.3 Å². The molecule has 0 aromatic carbocycles. The van der Waals surface area contributed by atoms with Gasteiger partial charge in [0.2, 0.25) is 0 Å². The van der Waals surface area contributed by atoms with E-state index >= 15 is 0 Å². The summed E-state index contributed by atoms with van der Waals surface area (Å²) in [7, 11) is 0. The van der Waals surface area contributed by atoms with Gasteiger partial charge in [-0.15, -0.1) is 0 Å². The van der Waals surface area contributed by atoms with E-state index in [0.29, 0.717) is 0 Å². The molecule has 1 fully saturated rings. The molecule has 0 amide bonds. The Balaban J connectivity index is 2.59. The Hall–Kier alpha value is -0.370. The smallest absolute Gasteiger partial charge is 0.123 e. The molecule has 1 unspecified atom stereocenters. The molecule has 10 heavy (non-hydrogen) atoms. The highest BCUT2D eigenvalue weighted by Gasteiger charge is 2.32. The minimum atomic E-state index is 0.0556. The first kappa shape index (κ1) is 7.73. The highest BCUT2D eigenvalue weighted by atomic mass is 16.5. The van der Waals surface area contributed by atoms with Gasteiger partial charge in [0.05, 0.1) is 6.61 Å². The van der Waals surface area contributed by atoms with Gasteiger partial charge in [-0.2, -0.15) is 0 Å². The molecule has 58 valence electrons. The molecular formula is C8H14O2. The summed E-state index contributed by atoms with van der Waals surface area (Å²) in [5.74, 6) is 0.196. The van der Waals surface area contributed by atoms with E-state index in [4.69, 9.17) is 4.74 Å². The van der Waals surface area contributed by atoms with Gasteiger partial charge in [0.25, 0.3) is 0 Å². The normalized spacial score (nSPS) is 31.6. The summed E-state index contributed by atoms with van der Waals surface area (Å²) in [6, 6.07) is 0. The monoisotopic (exact) mass is 142 g/mol. The average Bonchev–Trinajstić information content (AvgIpc) is 1.87. The molecule has 2 heteroatoms. The quantitative estimate of drug-likeness (QED) is 0.515. The highest BCUT2D eigenvalue weighted by molar-refractivity contribution is 5.55. The Bertz CT molecular complexity index is 129. The van der Waals surface area contributed by atoms with Crippen LogP contribution in [0.3, 0.4) is 0 Å². The van der Waals surface area contributed by atoms with E-state index in [1.165, 1.54) is 0 Å². The van der Waals surface area contributed by atoms with Crippen molar-refractivity contribution < 1.29 is 9.53 Å². The Morgan fingerprint density at radius 3 is 2.70 bits per heavy atom. The van der Waals surface area contributed by atoms with Crippen molar-refractivity contribution in [2.45, 2.75) is 20.3 Å². The van der Waals surface area contributed by atoms with E-state index in [1.54, 1.807) is 0 Å². The number of aldehydes is 1. The molecule has 0 N–H and O–H groups in total. The van der Waals surface area contributed by atoms with Gasteiger partial charge in [-0.1, -0.05) is 13.8 Å². The van der Waals surface area contributed by atoms with Crippen LogP contribution >= 0.6 is 0 Å². The molecule has 0 aromatic rings. The lowest BCUT2D eigenvalue weighted by molar-refractivity contribution is -0.121. The summed E-state index contributed by atoms with van der Waals surface area (Å²) in [6.45, 7) is 5.61. The molecule has 0 bridgehead atoms. The molecule has 1 atom stereocenters. The maximum absolute atomic E-state index is 10.5. The van der Waals surface area contributed by atoms with Crippen molar-refractivity contribution in [3.63, 3.8) is 0 Å². The summed E-state index contributed by atoms with van der Waals surface area (Å²) in [5.41, 5.74) is 0.0556. The van der Waals surface area contributed by atoms with Gasteiger partial charge < -0.3 is 9.53 Å². The third kappa shape index (κ3) is 1.37. The van der Waals surface area contributed by atoms with Crippen LogP contribution in [-0.4, -0.2) is 19.5 Å². The number of hydrogen-bond acceptors (Lipinski definition) is 2. The Labute approximate surface area is 61.6 Å². The lowest BCUT2D eigenvalue weighted by Gasteiger charge is -2.34. The van der Waals surface area contributed by atoms with Gasteiger partial charge >= 0.3 is 0 Å². The van der Waals surface area contributed by atoms with Crippen LogP contribution in [0.1, 0.15) is 20.3 Å². The van der Waals surface area contributed by atoms with Gasteiger partial charge in [0, 0.05) is 12.5 Å². The van der Waals surface area contributed by atoms with Crippen LogP contribution < -0.4 is 0 Å². The lowest BCUT2D eigenvalue weighted by atomic mass is 9.77. The number of carbonyl (C=O) groups excluding carboxylic acids is 1. The Morgan fingerprint density at radius 1 is 1.60 bits per heavy atom. The van der Waals surface area contributed by atoms with E-state index in [-0.39, 0.29) is 11.3 Å². The van der Waals surface area contributed by atoms with Crippen molar-refractivity contribution in [3.8, 4) is 0 Å². The van der Waals surface area contributed by atoms with Gasteiger partial charge in [0.1, 0.15) is 6.29 Å². The molecule has 1 rings (SSSR count). The third-order valence-electron chi connectivity index (χ3n) is 2.22. The summed E-state index contributed by atoms with van der Waals surface area (Å²) in [4.78, 5) is 10.5. The topological polar surface area (TPSA) is 26.3 Å². The second kappa shape index (κ2) is 2.70. The summed E-state index contributed by atoms with van der Waals surface area (Å²) in [5, 5.41) is 0. The fourth-order valence-electron chi connectivity index (χ4n) is 1.30. The van der Waals surface area contributed by atoms with Gasteiger partial charge in [-0.25, -0.2) is 0 Å². The van der Waals surface area contributed by atoms with Crippen LogP contribution in [0.15, 0.2) is 0 Å². The number of ether oxygens (including phenoxy) is 1. The van der Waals surface area contributed by atoms with Crippen molar-refractivity contribution in [1.82, 2.24) is 0 Å². The fraction of sp³-hybridized carbons (Fsp3) is 0.875. The van der Waals surface area contributed by atoms with Crippen LogP contribution in [-0.2, 0) is 9.53 Å². The number of carbonyl (C=O) groups is 1. The van der Waals surface area contributed by atoms with E-state index < -0.39 is 0 Å². The van der Waals surface area contributed by atoms with Gasteiger partial charge in [0.15, 0.2) is 0 Å². The zero-order valence-electron chi connectivity index (χ0n) is 6.59. The summed E-state index contributed by atoms with van der Waals surface area (Å²) < 4.78 is 5.26. The molecule has 0 saturated carbocycles. The predicted octanol–water partition coefficient (Wildman–Crippen LogP) is 1.25. The predicted molar refractivity (Wildman–Crippen MR) is 38.8 cm³/mol. The second-order valence-corrected chi connectivity index (χ2v) is 3.57. The Morgan fingerprint density at radius 2 is 2.30 bits per heavy atom. The Kier molecular flexibility index (Phi) is 2.09. The van der Waals surface area contributed by atoms with E-state index in [9.17, 15) is 4.79 Å². The molecule has 2 nitrogen and oxygen atoms in total. The molecular weight excluding hydrogens is 128 g/mol. The molecule has 1 aliphatic rings. The lowest BCUT2D eigenvalue weighted by Crippen LogP contribution is -2.35. The first-order chi connectivity index (χ1) is 4.67. The van der Waals surface area contributed by atoms with Crippen LogP contribution in [0.25, 0.3) is 0 Å². The van der Waals surface area contributed by atoms with Crippen molar-refractivity contribution in [2.75, 3.05) is 13.2 Å². The second-order valence-electron chi connectivity index (χ2n) is 3.57. The third-order valence-corrected chi connectivity index (χ3v) is 2.22. The maximum Gasteiger partial charge on any atom is 0.123 e. The molecule has 0 spiro atoms. The fourth-order valence-corrected chi connectivity index (χ4v) is 1.30. The largest absolute Gasteiger partial charge is 0.381 e. The van der Waals surface area contributed by atoms with Crippen LogP contribution in [0, 0.1) is 11.3 Å². The molecule has 1 aliphatic heterocycles. The summed E-state index contributed by atoms with van der Waals surface area (Å²) in [6.07, 6.45) is 1.94. The minimum absolute atomic E-state index is 0.0556. The van der Waals surface area contributed by atoms with E-state index in [1.807, 2.05) is 0 Å². The van der Waals surface area contributed by atoms with Crippen LogP contribution in [0.5, 0.6) is 0 Å².